The molecule has 0 radical (unpaired) electrons. The summed E-state index contributed by atoms with van der Waals surface area (Å²) < 4.78 is 6.50. The van der Waals surface area contributed by atoms with Crippen molar-refractivity contribution in [2.75, 3.05) is 6.61 Å². The molecule has 1 saturated heterocycles. The minimum atomic E-state index is -0.940. The zero-order valence-corrected chi connectivity index (χ0v) is 12.9. The van der Waals surface area contributed by atoms with Gasteiger partial charge in [-0.15, -0.1) is 0 Å². The van der Waals surface area contributed by atoms with Crippen LogP contribution in [0.25, 0.3) is 10.4 Å². The van der Waals surface area contributed by atoms with Crippen molar-refractivity contribution in [3.05, 3.63) is 49.3 Å². The van der Waals surface area contributed by atoms with Gasteiger partial charge in [0, 0.05) is 23.6 Å². The van der Waals surface area contributed by atoms with Crippen molar-refractivity contribution in [2.24, 2.45) is 0 Å². The number of aromatic amines is 1. The monoisotopic (exact) mass is 355 g/mol. The number of thiophene rings is 1. The lowest BCUT2D eigenvalue weighted by atomic mass is 10.2. The van der Waals surface area contributed by atoms with Gasteiger partial charge in [-0.1, -0.05) is 11.3 Å². The molecule has 3 heterocycles. The summed E-state index contributed by atoms with van der Waals surface area (Å²) in [6.45, 7) is -0.403. The van der Waals surface area contributed by atoms with Crippen molar-refractivity contribution in [2.45, 2.75) is 24.9 Å². The van der Waals surface area contributed by atoms with Gasteiger partial charge in [-0.3, -0.25) is 24.5 Å². The highest BCUT2D eigenvalue weighted by Crippen LogP contribution is 2.32. The zero-order valence-electron chi connectivity index (χ0n) is 12.1. The summed E-state index contributed by atoms with van der Waals surface area (Å²) in [4.78, 5) is 36.7. The molecular formula is C13H13N3O7S. The number of nitrogens with one attached hydrogen (secondary N) is 1. The third kappa shape index (κ3) is 2.89. The van der Waals surface area contributed by atoms with E-state index in [2.05, 4.69) is 4.98 Å². The van der Waals surface area contributed by atoms with Crippen LogP contribution in [0, 0.1) is 10.1 Å². The first-order chi connectivity index (χ1) is 11.4. The van der Waals surface area contributed by atoms with Crippen LogP contribution in [0.2, 0.25) is 0 Å². The summed E-state index contributed by atoms with van der Waals surface area (Å²) in [6.07, 6.45) is -1.30. The van der Waals surface area contributed by atoms with E-state index in [0.717, 1.165) is 15.9 Å². The first-order valence-electron chi connectivity index (χ1n) is 6.95. The number of hydrogen-bond acceptors (Lipinski definition) is 8. The number of aromatic nitrogens is 2. The van der Waals surface area contributed by atoms with Gasteiger partial charge < -0.3 is 14.9 Å². The Hall–Kier alpha value is -2.34. The second kappa shape index (κ2) is 6.28. The third-order valence-corrected chi connectivity index (χ3v) is 4.77. The van der Waals surface area contributed by atoms with Crippen LogP contribution in [0.15, 0.2) is 27.9 Å². The predicted molar refractivity (Wildman–Crippen MR) is 82.9 cm³/mol. The SMILES string of the molecule is O=c1[nH]c(=O)n([C@H]2C[C@H](O)[C@@H](CO)O2)cc1-c1ccc([N+](=O)[O-])s1. The van der Waals surface area contributed by atoms with Crippen molar-refractivity contribution in [1.82, 2.24) is 9.55 Å². The van der Waals surface area contributed by atoms with E-state index in [1.54, 1.807) is 0 Å². The topological polar surface area (TPSA) is 148 Å². The van der Waals surface area contributed by atoms with E-state index in [0.29, 0.717) is 4.88 Å². The van der Waals surface area contributed by atoms with E-state index in [1.165, 1.54) is 18.3 Å². The summed E-state index contributed by atoms with van der Waals surface area (Å²) in [7, 11) is 0. The maximum atomic E-state index is 12.0. The minimum absolute atomic E-state index is 0.0706. The molecule has 0 bridgehead atoms. The fourth-order valence-corrected chi connectivity index (χ4v) is 3.32. The Balaban J connectivity index is 2.02. The fourth-order valence-electron chi connectivity index (χ4n) is 2.50. The highest BCUT2D eigenvalue weighted by atomic mass is 32.1. The molecule has 24 heavy (non-hydrogen) atoms. The lowest BCUT2D eigenvalue weighted by molar-refractivity contribution is -0.380. The van der Waals surface area contributed by atoms with Gasteiger partial charge >= 0.3 is 10.7 Å². The lowest BCUT2D eigenvalue weighted by Crippen LogP contribution is -2.33. The molecule has 3 N–H and O–H groups in total. The summed E-state index contributed by atoms with van der Waals surface area (Å²) in [5, 5.41) is 29.5. The van der Waals surface area contributed by atoms with Crippen molar-refractivity contribution in [1.29, 1.82) is 0 Å². The minimum Gasteiger partial charge on any atom is -0.394 e. The zero-order chi connectivity index (χ0) is 17.4. The lowest BCUT2D eigenvalue weighted by Gasteiger charge is -2.15. The van der Waals surface area contributed by atoms with E-state index in [9.17, 15) is 24.8 Å². The molecule has 10 nitrogen and oxygen atoms in total. The van der Waals surface area contributed by atoms with Gasteiger partial charge in [-0.05, 0) is 6.07 Å². The van der Waals surface area contributed by atoms with Crippen molar-refractivity contribution >= 4 is 16.3 Å². The van der Waals surface area contributed by atoms with Gasteiger partial charge in [0.15, 0.2) is 0 Å². The molecule has 0 aliphatic carbocycles. The van der Waals surface area contributed by atoms with E-state index >= 15 is 0 Å². The molecule has 0 aromatic carbocycles. The maximum Gasteiger partial charge on any atom is 0.330 e. The number of aliphatic hydroxyl groups excluding tert-OH is 2. The number of rotatable bonds is 4. The van der Waals surface area contributed by atoms with Crippen LogP contribution in [0.4, 0.5) is 5.00 Å². The highest BCUT2D eigenvalue weighted by molar-refractivity contribution is 7.18. The fraction of sp³-hybridized carbons (Fsp3) is 0.385. The molecule has 3 atom stereocenters. The van der Waals surface area contributed by atoms with E-state index in [1.807, 2.05) is 0 Å². The van der Waals surface area contributed by atoms with Crippen LogP contribution >= 0.6 is 11.3 Å². The van der Waals surface area contributed by atoms with Crippen LogP contribution in [0.1, 0.15) is 12.6 Å². The van der Waals surface area contributed by atoms with Gasteiger partial charge in [0.1, 0.15) is 12.3 Å². The molecule has 1 fully saturated rings. The van der Waals surface area contributed by atoms with E-state index in [4.69, 9.17) is 9.84 Å². The molecule has 3 rings (SSSR count). The molecule has 2 aromatic rings. The van der Waals surface area contributed by atoms with Crippen LogP contribution in [-0.2, 0) is 4.74 Å². The second-order valence-corrected chi connectivity index (χ2v) is 6.28. The Kier molecular flexibility index (Phi) is 4.32. The van der Waals surface area contributed by atoms with Gasteiger partial charge in [-0.25, -0.2) is 4.79 Å². The largest absolute Gasteiger partial charge is 0.394 e. The van der Waals surface area contributed by atoms with Crippen LogP contribution < -0.4 is 11.2 Å². The number of aliphatic hydroxyl groups is 2. The maximum absolute atomic E-state index is 12.0. The molecule has 2 aromatic heterocycles. The summed E-state index contributed by atoms with van der Waals surface area (Å²) in [6, 6.07) is 2.69. The third-order valence-electron chi connectivity index (χ3n) is 3.70. The molecule has 1 aliphatic rings. The number of nitrogens with zero attached hydrogens (tertiary/aromatic N) is 2. The number of nitro groups is 1. The molecule has 0 unspecified atom stereocenters. The van der Waals surface area contributed by atoms with Crippen molar-refractivity contribution in [3.63, 3.8) is 0 Å². The average molecular weight is 355 g/mol. The summed E-state index contributed by atoms with van der Waals surface area (Å²) in [5.41, 5.74) is -1.32. The van der Waals surface area contributed by atoms with Crippen LogP contribution in [-0.4, -0.2) is 43.5 Å². The standard InChI is InChI=1S/C13H13N3O7S/c17-5-8-7(18)3-10(23-8)15-4-6(12(19)14-13(15)20)9-1-2-11(24-9)16(21)22/h1-2,4,7-8,10,17-18H,3,5H2,(H,14,19,20)/t7-,8+,10+/m0/s1. The Morgan fingerprint density at radius 2 is 2.21 bits per heavy atom. The van der Waals surface area contributed by atoms with E-state index in [-0.39, 0.29) is 17.0 Å². The Morgan fingerprint density at radius 3 is 2.79 bits per heavy atom. The van der Waals surface area contributed by atoms with E-state index < -0.39 is 41.2 Å². The Bertz CT molecular complexity index is 886. The van der Waals surface area contributed by atoms with Crippen molar-refractivity contribution < 1.29 is 19.9 Å². The molecule has 0 spiro atoms. The Morgan fingerprint density at radius 1 is 1.46 bits per heavy atom. The molecule has 0 amide bonds. The van der Waals surface area contributed by atoms with Crippen molar-refractivity contribution in [3.8, 4) is 10.4 Å². The predicted octanol–water partition coefficient (Wildman–Crippen LogP) is -0.186. The Labute approximate surface area is 137 Å². The molecule has 11 heteroatoms. The van der Waals surface area contributed by atoms with Gasteiger partial charge in [-0.2, -0.15) is 0 Å². The summed E-state index contributed by atoms with van der Waals surface area (Å²) >= 11 is 0.806. The van der Waals surface area contributed by atoms with Gasteiger partial charge in [0.2, 0.25) is 0 Å². The number of ether oxygens (including phenoxy) is 1. The normalized spacial score (nSPS) is 23.5. The first-order valence-corrected chi connectivity index (χ1v) is 7.77. The molecule has 0 saturated carbocycles. The summed E-state index contributed by atoms with van der Waals surface area (Å²) in [5.74, 6) is 0. The molecule has 128 valence electrons. The van der Waals surface area contributed by atoms with Crippen LogP contribution in [0.3, 0.4) is 0 Å². The quantitative estimate of drug-likeness (QED) is 0.509. The number of H-pyrrole nitrogens is 1. The number of hydrogen-bond donors (Lipinski definition) is 3. The highest BCUT2D eigenvalue weighted by Gasteiger charge is 2.35. The molecule has 1 aliphatic heterocycles. The van der Waals surface area contributed by atoms with Gasteiger partial charge in [0.25, 0.3) is 5.56 Å². The van der Waals surface area contributed by atoms with Crippen LogP contribution in [0.5, 0.6) is 0 Å². The second-order valence-electron chi connectivity index (χ2n) is 5.22. The van der Waals surface area contributed by atoms with Gasteiger partial charge in [0.05, 0.1) is 23.2 Å². The average Bonchev–Trinajstić information content (AvgIpc) is 3.14. The molecular weight excluding hydrogens is 342 g/mol. The smallest absolute Gasteiger partial charge is 0.330 e. The first kappa shape index (κ1) is 16.5.